The minimum atomic E-state index is -2.67. The Labute approximate surface area is 275 Å². The number of pyridine rings is 1. The van der Waals surface area contributed by atoms with Crippen molar-refractivity contribution in [3.8, 4) is 62.2 Å². The second-order valence-electron chi connectivity index (χ2n) is 11.0. The molecule has 7 nitrogen and oxygen atoms in total. The first kappa shape index (κ1) is 24.8. The lowest BCUT2D eigenvalue weighted by Gasteiger charge is -2.09. The first-order valence-electron chi connectivity index (χ1n) is 16.6. The van der Waals surface area contributed by atoms with E-state index in [9.17, 15) is 4.79 Å². The fourth-order valence-electron chi connectivity index (χ4n) is 5.69. The van der Waals surface area contributed by atoms with Crippen LogP contribution in [0.1, 0.15) is 4.11 Å². The van der Waals surface area contributed by atoms with Gasteiger partial charge in [0.1, 0.15) is 5.82 Å². The molecule has 0 aliphatic heterocycles. The molecular formula is C40H28N6O. The van der Waals surface area contributed by atoms with E-state index in [0.29, 0.717) is 34.3 Å². The average Bonchev–Trinajstić information content (AvgIpc) is 3.47. The van der Waals surface area contributed by atoms with Crippen LogP contribution in [0.4, 0.5) is 0 Å². The highest BCUT2D eigenvalue weighted by molar-refractivity contribution is 5.84. The molecule has 0 spiro atoms. The van der Waals surface area contributed by atoms with Crippen LogP contribution in [0, 0.1) is 0 Å². The Bertz CT molecular complexity index is 2460. The van der Waals surface area contributed by atoms with Gasteiger partial charge >= 0.3 is 5.69 Å². The van der Waals surface area contributed by atoms with E-state index in [-0.39, 0.29) is 0 Å². The summed E-state index contributed by atoms with van der Waals surface area (Å²) >= 11 is 0. The molecule has 8 aromatic rings. The molecule has 0 aliphatic rings. The van der Waals surface area contributed by atoms with Crippen LogP contribution in [0.3, 0.4) is 0 Å². The lowest BCUT2D eigenvalue weighted by atomic mass is 9.99. The van der Waals surface area contributed by atoms with Crippen LogP contribution < -0.4 is 5.69 Å². The Morgan fingerprint density at radius 3 is 1.47 bits per heavy atom. The maximum absolute atomic E-state index is 13.4. The highest BCUT2D eigenvalue weighted by atomic mass is 16.1. The van der Waals surface area contributed by atoms with E-state index in [1.54, 1.807) is 36.5 Å². The molecule has 8 rings (SSSR count). The number of hydrogen-bond donors (Lipinski definition) is 0. The topological polar surface area (TPSA) is 78.5 Å². The molecule has 3 heterocycles. The summed E-state index contributed by atoms with van der Waals surface area (Å²) in [4.78, 5) is 32.1. The summed E-state index contributed by atoms with van der Waals surface area (Å²) in [5.74, 6) is 2.16. The summed E-state index contributed by atoms with van der Waals surface area (Å²) in [5.41, 5.74) is 6.49. The molecule has 0 amide bonds. The zero-order valence-electron chi connectivity index (χ0n) is 28.0. The van der Waals surface area contributed by atoms with E-state index in [4.69, 9.17) is 19.1 Å². The number of rotatable bonds is 6. The number of hydrogen-bond acceptors (Lipinski definition) is 5. The number of aryl methyl sites for hydroxylation is 1. The van der Waals surface area contributed by atoms with Gasteiger partial charge in [-0.15, -0.1) is 0 Å². The minimum Gasteiger partial charge on any atom is -0.295 e. The predicted molar refractivity (Wildman–Crippen MR) is 187 cm³/mol. The van der Waals surface area contributed by atoms with Gasteiger partial charge < -0.3 is 0 Å². The zero-order chi connectivity index (χ0) is 34.2. The average molecular weight is 612 g/mol. The van der Waals surface area contributed by atoms with Crippen molar-refractivity contribution in [2.45, 2.75) is 0 Å². The van der Waals surface area contributed by atoms with Gasteiger partial charge in [0.25, 0.3) is 0 Å². The fraction of sp³-hybridized carbons (Fsp3) is 0.0250. The highest BCUT2D eigenvalue weighted by Gasteiger charge is 2.15. The standard InChI is InChI=1S/C40H28N6O/c1-45-35-26-33(23-24-34(35)46(40(45)47)36-14-8-9-25-41-36)29-17-15-27(16-18-29)28-19-21-32(22-20-28)39-43-37(30-10-4-2-5-11-30)42-38(44-39)31-12-6-3-7-13-31/h2-26H,1H3/i1D3. The summed E-state index contributed by atoms with van der Waals surface area (Å²) in [6.45, 7) is -2.67. The SMILES string of the molecule is [2H]C([2H])([2H])n1c(=O)n(-c2ccccn2)c2ccc(-c3ccc(-c4ccc(-c5nc(-c6ccccc6)nc(-c6ccccc6)n5)cc4)cc3)cc21. The van der Waals surface area contributed by atoms with Crippen molar-refractivity contribution >= 4 is 11.0 Å². The lowest BCUT2D eigenvalue weighted by molar-refractivity contribution is 0.834. The fourth-order valence-corrected chi connectivity index (χ4v) is 5.69. The molecule has 7 heteroatoms. The Kier molecular flexibility index (Phi) is 6.23. The molecular weight excluding hydrogens is 580 g/mol. The van der Waals surface area contributed by atoms with Gasteiger partial charge in [-0.25, -0.2) is 29.3 Å². The van der Waals surface area contributed by atoms with Gasteiger partial charge in [0, 0.05) is 34.0 Å². The Morgan fingerprint density at radius 1 is 0.489 bits per heavy atom. The van der Waals surface area contributed by atoms with Gasteiger partial charge in [0.05, 0.1) is 11.0 Å². The van der Waals surface area contributed by atoms with E-state index in [1.165, 1.54) is 4.57 Å². The molecule has 47 heavy (non-hydrogen) atoms. The Hall–Kier alpha value is -6.47. The van der Waals surface area contributed by atoms with E-state index >= 15 is 0 Å². The monoisotopic (exact) mass is 611 g/mol. The molecule has 0 saturated carbocycles. The van der Waals surface area contributed by atoms with Crippen molar-refractivity contribution < 1.29 is 4.11 Å². The zero-order valence-corrected chi connectivity index (χ0v) is 25.0. The van der Waals surface area contributed by atoms with Crippen LogP contribution in [0.2, 0.25) is 0 Å². The van der Waals surface area contributed by atoms with Crippen molar-refractivity contribution in [2.75, 3.05) is 0 Å². The van der Waals surface area contributed by atoms with E-state index in [0.717, 1.165) is 43.5 Å². The summed E-state index contributed by atoms with van der Waals surface area (Å²) < 4.78 is 26.5. The van der Waals surface area contributed by atoms with Gasteiger partial charge in [-0.1, -0.05) is 121 Å². The van der Waals surface area contributed by atoms with Crippen molar-refractivity contribution in [2.24, 2.45) is 6.98 Å². The minimum absolute atomic E-state index is 0.307. The second-order valence-corrected chi connectivity index (χ2v) is 11.0. The summed E-state index contributed by atoms with van der Waals surface area (Å²) in [6.07, 6.45) is 1.57. The normalized spacial score (nSPS) is 12.4. The summed E-state index contributed by atoms with van der Waals surface area (Å²) in [6, 6.07) is 46.5. The maximum Gasteiger partial charge on any atom is 0.334 e. The van der Waals surface area contributed by atoms with Gasteiger partial charge in [-0.2, -0.15) is 0 Å². The van der Waals surface area contributed by atoms with Crippen molar-refractivity contribution in [3.63, 3.8) is 0 Å². The molecule has 0 unspecified atom stereocenters. The van der Waals surface area contributed by atoms with Crippen LogP contribution >= 0.6 is 0 Å². The second kappa shape index (κ2) is 11.8. The van der Waals surface area contributed by atoms with Crippen LogP contribution in [-0.4, -0.2) is 29.1 Å². The maximum atomic E-state index is 13.4. The molecule has 0 saturated heterocycles. The lowest BCUT2D eigenvalue weighted by Crippen LogP contribution is -2.21. The quantitative estimate of drug-likeness (QED) is 0.189. The van der Waals surface area contributed by atoms with Crippen molar-refractivity contribution in [3.05, 3.63) is 162 Å². The first-order valence-corrected chi connectivity index (χ1v) is 15.1. The number of benzene rings is 5. The van der Waals surface area contributed by atoms with Crippen LogP contribution in [0.5, 0.6) is 0 Å². The molecule has 0 bridgehead atoms. The van der Waals surface area contributed by atoms with Crippen LogP contribution in [0.25, 0.3) is 73.3 Å². The highest BCUT2D eigenvalue weighted by Crippen LogP contribution is 2.30. The number of fused-ring (bicyclic) bond motifs is 1. The third-order valence-corrected chi connectivity index (χ3v) is 8.11. The third kappa shape index (κ3) is 5.30. The van der Waals surface area contributed by atoms with Crippen LogP contribution in [0.15, 0.2) is 157 Å². The molecule has 5 aromatic carbocycles. The molecule has 0 radical (unpaired) electrons. The predicted octanol–water partition coefficient (Wildman–Crippen LogP) is 8.24. The van der Waals surface area contributed by atoms with E-state index < -0.39 is 12.7 Å². The number of nitrogens with zero attached hydrogens (tertiary/aromatic N) is 6. The largest absolute Gasteiger partial charge is 0.334 e. The summed E-state index contributed by atoms with van der Waals surface area (Å²) in [5, 5.41) is 0. The van der Waals surface area contributed by atoms with E-state index in [1.807, 2.05) is 115 Å². The smallest absolute Gasteiger partial charge is 0.295 e. The number of aromatic nitrogens is 6. The van der Waals surface area contributed by atoms with Crippen LogP contribution in [-0.2, 0) is 6.98 Å². The molecule has 0 atom stereocenters. The molecule has 3 aromatic heterocycles. The third-order valence-electron chi connectivity index (χ3n) is 8.11. The first-order chi connectivity index (χ1) is 24.3. The van der Waals surface area contributed by atoms with Crippen molar-refractivity contribution in [1.82, 2.24) is 29.1 Å². The molecule has 0 N–H and O–H groups in total. The molecule has 0 fully saturated rings. The van der Waals surface area contributed by atoms with E-state index in [2.05, 4.69) is 4.98 Å². The Balaban J connectivity index is 1.11. The molecule has 224 valence electrons. The summed E-state index contributed by atoms with van der Waals surface area (Å²) in [7, 11) is 0. The molecule has 0 aliphatic carbocycles. The Morgan fingerprint density at radius 2 is 0.957 bits per heavy atom. The van der Waals surface area contributed by atoms with Gasteiger partial charge in [0.2, 0.25) is 0 Å². The number of imidazole rings is 1. The van der Waals surface area contributed by atoms with Gasteiger partial charge in [-0.05, 0) is 46.5 Å². The van der Waals surface area contributed by atoms with Crippen molar-refractivity contribution in [1.29, 1.82) is 0 Å². The van der Waals surface area contributed by atoms with Gasteiger partial charge in [0.15, 0.2) is 17.5 Å². The van der Waals surface area contributed by atoms with Gasteiger partial charge in [-0.3, -0.25) is 4.57 Å².